The number of nitrogens with zero attached hydrogens (tertiary/aromatic N) is 3. The minimum absolute atomic E-state index is 0.143. The quantitative estimate of drug-likeness (QED) is 0.681. The standard InChI is InChI=1S/C11H9N5S/c12-10-14-9(15-11(13)16-10)8-5-6-3-1-2-4-7(6)17-8/h1-5H,(H4,12,13,14,15,16). The van der Waals surface area contributed by atoms with Gasteiger partial charge in [-0.3, -0.25) is 0 Å². The van der Waals surface area contributed by atoms with Crippen LogP contribution in [0.4, 0.5) is 11.9 Å². The molecule has 6 heteroatoms. The Morgan fingerprint density at radius 1 is 0.941 bits per heavy atom. The van der Waals surface area contributed by atoms with Gasteiger partial charge in [-0.05, 0) is 17.5 Å². The van der Waals surface area contributed by atoms with Gasteiger partial charge in [-0.25, -0.2) is 0 Å². The van der Waals surface area contributed by atoms with E-state index in [0.717, 1.165) is 10.3 Å². The highest BCUT2D eigenvalue weighted by Gasteiger charge is 2.08. The van der Waals surface area contributed by atoms with Crippen molar-refractivity contribution in [2.45, 2.75) is 0 Å². The monoisotopic (exact) mass is 243 g/mol. The van der Waals surface area contributed by atoms with Crippen molar-refractivity contribution in [1.29, 1.82) is 0 Å². The van der Waals surface area contributed by atoms with E-state index in [1.54, 1.807) is 11.3 Å². The Hall–Kier alpha value is -2.21. The Morgan fingerprint density at radius 2 is 1.65 bits per heavy atom. The minimum atomic E-state index is 0.143. The molecule has 0 aliphatic heterocycles. The van der Waals surface area contributed by atoms with Crippen LogP contribution in [0.3, 0.4) is 0 Å². The van der Waals surface area contributed by atoms with Gasteiger partial charge in [-0.2, -0.15) is 15.0 Å². The number of hydrogen-bond donors (Lipinski definition) is 2. The molecule has 2 heterocycles. The summed E-state index contributed by atoms with van der Waals surface area (Å²) in [5, 5.41) is 1.16. The summed E-state index contributed by atoms with van der Waals surface area (Å²) in [6.45, 7) is 0. The van der Waals surface area contributed by atoms with Gasteiger partial charge < -0.3 is 11.5 Å². The van der Waals surface area contributed by atoms with Gasteiger partial charge in [0.25, 0.3) is 0 Å². The number of fused-ring (bicyclic) bond motifs is 1. The Kier molecular flexibility index (Phi) is 2.15. The highest BCUT2D eigenvalue weighted by atomic mass is 32.1. The fourth-order valence-corrected chi connectivity index (χ4v) is 2.61. The van der Waals surface area contributed by atoms with Gasteiger partial charge >= 0.3 is 0 Å². The van der Waals surface area contributed by atoms with Crippen LogP contribution >= 0.6 is 11.3 Å². The third kappa shape index (κ3) is 1.78. The molecular weight excluding hydrogens is 234 g/mol. The zero-order chi connectivity index (χ0) is 11.8. The van der Waals surface area contributed by atoms with Gasteiger partial charge in [0.15, 0.2) is 5.82 Å². The first-order valence-corrected chi connectivity index (χ1v) is 5.80. The second-order valence-corrected chi connectivity index (χ2v) is 4.61. The van der Waals surface area contributed by atoms with Crippen LogP contribution in [-0.4, -0.2) is 15.0 Å². The van der Waals surface area contributed by atoms with Crippen molar-refractivity contribution in [1.82, 2.24) is 15.0 Å². The number of nitrogen functional groups attached to an aromatic ring is 2. The third-order valence-corrected chi connectivity index (χ3v) is 3.43. The highest BCUT2D eigenvalue weighted by molar-refractivity contribution is 7.22. The molecule has 17 heavy (non-hydrogen) atoms. The summed E-state index contributed by atoms with van der Waals surface area (Å²) in [4.78, 5) is 12.9. The summed E-state index contributed by atoms with van der Waals surface area (Å²) in [5.41, 5.74) is 11.1. The van der Waals surface area contributed by atoms with E-state index in [0.29, 0.717) is 5.82 Å². The van der Waals surface area contributed by atoms with Crippen molar-refractivity contribution < 1.29 is 0 Å². The molecule has 0 aliphatic carbocycles. The number of aromatic nitrogens is 3. The van der Waals surface area contributed by atoms with Crippen molar-refractivity contribution in [3.8, 4) is 10.7 Å². The lowest BCUT2D eigenvalue weighted by molar-refractivity contribution is 1.09. The average molecular weight is 243 g/mol. The molecule has 1 aromatic carbocycles. The second kappa shape index (κ2) is 3.67. The van der Waals surface area contributed by atoms with Crippen LogP contribution in [0.1, 0.15) is 0 Å². The predicted molar refractivity (Wildman–Crippen MR) is 69.5 cm³/mol. The van der Waals surface area contributed by atoms with Crippen LogP contribution in [0.2, 0.25) is 0 Å². The van der Waals surface area contributed by atoms with E-state index in [-0.39, 0.29) is 11.9 Å². The van der Waals surface area contributed by atoms with Gasteiger partial charge in [0.05, 0.1) is 4.88 Å². The van der Waals surface area contributed by atoms with E-state index in [9.17, 15) is 0 Å². The molecule has 0 bridgehead atoms. The number of thiophene rings is 1. The fraction of sp³-hybridized carbons (Fsp3) is 0. The summed E-state index contributed by atoms with van der Waals surface area (Å²) in [6.07, 6.45) is 0. The first kappa shape index (κ1) is 9.98. The van der Waals surface area contributed by atoms with Crippen LogP contribution in [0, 0.1) is 0 Å². The van der Waals surface area contributed by atoms with E-state index in [1.807, 2.05) is 24.3 Å². The van der Waals surface area contributed by atoms with Gasteiger partial charge in [0.1, 0.15) is 0 Å². The van der Waals surface area contributed by atoms with Crippen LogP contribution < -0.4 is 11.5 Å². The number of nitrogens with two attached hydrogens (primary N) is 2. The molecule has 0 saturated heterocycles. The topological polar surface area (TPSA) is 90.7 Å². The second-order valence-electron chi connectivity index (χ2n) is 3.52. The number of benzene rings is 1. The molecule has 84 valence electrons. The van der Waals surface area contributed by atoms with E-state index in [4.69, 9.17) is 11.5 Å². The molecular formula is C11H9N5S. The first-order chi connectivity index (χ1) is 8.22. The zero-order valence-corrected chi connectivity index (χ0v) is 9.61. The minimum Gasteiger partial charge on any atom is -0.368 e. The van der Waals surface area contributed by atoms with Crippen molar-refractivity contribution in [2.24, 2.45) is 0 Å². The maximum atomic E-state index is 5.55. The molecule has 3 rings (SSSR count). The van der Waals surface area contributed by atoms with Crippen molar-refractivity contribution >= 4 is 33.3 Å². The van der Waals surface area contributed by atoms with E-state index < -0.39 is 0 Å². The lowest BCUT2D eigenvalue weighted by Gasteiger charge is -1.98. The Labute approximate surface area is 101 Å². The Bertz CT molecular complexity index is 638. The van der Waals surface area contributed by atoms with E-state index in [1.165, 1.54) is 4.70 Å². The predicted octanol–water partition coefficient (Wildman–Crippen LogP) is 1.92. The van der Waals surface area contributed by atoms with Crippen molar-refractivity contribution in [3.63, 3.8) is 0 Å². The molecule has 0 radical (unpaired) electrons. The third-order valence-electron chi connectivity index (χ3n) is 2.32. The molecule has 0 aliphatic rings. The largest absolute Gasteiger partial charge is 0.368 e. The van der Waals surface area contributed by atoms with Crippen molar-refractivity contribution in [2.75, 3.05) is 11.5 Å². The smallest absolute Gasteiger partial charge is 0.225 e. The van der Waals surface area contributed by atoms with Crippen LogP contribution in [0.5, 0.6) is 0 Å². The molecule has 5 nitrogen and oxygen atoms in total. The fourth-order valence-electron chi connectivity index (χ4n) is 1.61. The van der Waals surface area contributed by atoms with E-state index in [2.05, 4.69) is 21.0 Å². The molecule has 0 spiro atoms. The molecule has 2 aromatic heterocycles. The van der Waals surface area contributed by atoms with Crippen molar-refractivity contribution in [3.05, 3.63) is 30.3 Å². The van der Waals surface area contributed by atoms with Gasteiger partial charge in [-0.1, -0.05) is 18.2 Å². The summed E-state index contributed by atoms with van der Waals surface area (Å²) in [5.74, 6) is 0.811. The summed E-state index contributed by atoms with van der Waals surface area (Å²) in [6, 6.07) is 10.1. The molecule has 0 atom stereocenters. The van der Waals surface area contributed by atoms with Crippen LogP contribution in [-0.2, 0) is 0 Å². The lowest BCUT2D eigenvalue weighted by atomic mass is 10.2. The number of anilines is 2. The van der Waals surface area contributed by atoms with Gasteiger partial charge in [0.2, 0.25) is 11.9 Å². The Morgan fingerprint density at radius 3 is 2.35 bits per heavy atom. The zero-order valence-electron chi connectivity index (χ0n) is 8.79. The summed E-state index contributed by atoms with van der Waals surface area (Å²) >= 11 is 1.60. The number of rotatable bonds is 1. The molecule has 0 saturated carbocycles. The lowest BCUT2D eigenvalue weighted by Crippen LogP contribution is -2.03. The maximum Gasteiger partial charge on any atom is 0.225 e. The highest BCUT2D eigenvalue weighted by Crippen LogP contribution is 2.31. The first-order valence-electron chi connectivity index (χ1n) is 4.98. The molecule has 0 amide bonds. The Balaban J connectivity index is 2.20. The number of hydrogen-bond acceptors (Lipinski definition) is 6. The van der Waals surface area contributed by atoms with Gasteiger partial charge in [-0.15, -0.1) is 11.3 Å². The summed E-state index contributed by atoms with van der Waals surface area (Å²) in [7, 11) is 0. The SMILES string of the molecule is Nc1nc(N)nc(-c2cc3ccccc3s2)n1. The average Bonchev–Trinajstić information content (AvgIpc) is 2.71. The molecule has 0 fully saturated rings. The van der Waals surface area contributed by atoms with E-state index >= 15 is 0 Å². The molecule has 3 aromatic rings. The normalized spacial score (nSPS) is 10.8. The maximum absolute atomic E-state index is 5.55. The van der Waals surface area contributed by atoms with Gasteiger partial charge in [0, 0.05) is 4.70 Å². The van der Waals surface area contributed by atoms with Crippen LogP contribution in [0.15, 0.2) is 30.3 Å². The molecule has 0 unspecified atom stereocenters. The molecule has 4 N–H and O–H groups in total. The summed E-state index contributed by atoms with van der Waals surface area (Å²) < 4.78 is 1.18. The van der Waals surface area contributed by atoms with Crippen LogP contribution in [0.25, 0.3) is 20.8 Å².